The fourth-order valence-electron chi connectivity index (χ4n) is 7.44. The highest BCUT2D eigenvalue weighted by molar-refractivity contribution is 6.11. The highest BCUT2D eigenvalue weighted by atomic mass is 15.0. The molecule has 5 heteroatoms. The van der Waals surface area contributed by atoms with E-state index < -0.39 is 0 Å². The Morgan fingerprint density at radius 1 is 0.380 bits per heavy atom. The maximum Gasteiger partial charge on any atom is 0.101 e. The van der Waals surface area contributed by atoms with Gasteiger partial charge in [0.2, 0.25) is 0 Å². The summed E-state index contributed by atoms with van der Waals surface area (Å²) in [6.07, 6.45) is 0. The molecule has 0 aliphatic rings. The van der Waals surface area contributed by atoms with Crippen molar-refractivity contribution in [2.75, 3.05) is 0 Å². The number of para-hydroxylation sites is 3. The van der Waals surface area contributed by atoms with Gasteiger partial charge in [-0.2, -0.15) is 15.8 Å². The van der Waals surface area contributed by atoms with Crippen LogP contribution in [-0.2, 0) is 0 Å². The summed E-state index contributed by atoms with van der Waals surface area (Å²) >= 11 is 0. The molecule has 2 heterocycles. The summed E-state index contributed by atoms with van der Waals surface area (Å²) in [5.41, 5.74) is 11.2. The third-order valence-corrected chi connectivity index (χ3v) is 9.65. The summed E-state index contributed by atoms with van der Waals surface area (Å²) in [5.74, 6) is 0. The van der Waals surface area contributed by atoms with Gasteiger partial charge in [0.15, 0.2) is 0 Å². The van der Waals surface area contributed by atoms with Crippen molar-refractivity contribution in [2.24, 2.45) is 0 Å². The minimum atomic E-state index is 0.336. The minimum Gasteiger partial charge on any atom is -0.309 e. The lowest BCUT2D eigenvalue weighted by Gasteiger charge is -2.18. The van der Waals surface area contributed by atoms with Gasteiger partial charge in [-0.25, -0.2) is 0 Å². The Morgan fingerprint density at radius 3 is 1.52 bits per heavy atom. The summed E-state index contributed by atoms with van der Waals surface area (Å²) in [7, 11) is 0. The van der Waals surface area contributed by atoms with Crippen LogP contribution in [-0.4, -0.2) is 9.13 Å². The zero-order chi connectivity index (χ0) is 33.8. The first-order valence-electron chi connectivity index (χ1n) is 16.3. The molecule has 0 N–H and O–H groups in total. The Kier molecular flexibility index (Phi) is 6.56. The summed E-state index contributed by atoms with van der Waals surface area (Å²) in [4.78, 5) is 0. The van der Waals surface area contributed by atoms with Gasteiger partial charge in [-0.1, -0.05) is 91.0 Å². The fraction of sp³-hybridized carbons (Fsp3) is 0. The van der Waals surface area contributed by atoms with Gasteiger partial charge in [0.05, 0.1) is 50.5 Å². The van der Waals surface area contributed by atoms with E-state index in [1.807, 2.05) is 78.9 Å². The Bertz CT molecular complexity index is 2900. The van der Waals surface area contributed by atoms with Crippen molar-refractivity contribution >= 4 is 43.6 Å². The van der Waals surface area contributed by atoms with E-state index in [4.69, 9.17) is 0 Å². The molecule has 0 amide bonds. The van der Waals surface area contributed by atoms with Gasteiger partial charge in [0.1, 0.15) is 12.1 Å². The molecule has 2 aromatic heterocycles. The van der Waals surface area contributed by atoms with Gasteiger partial charge in [0, 0.05) is 32.8 Å². The Labute approximate surface area is 287 Å². The second kappa shape index (κ2) is 11.4. The highest BCUT2D eigenvalue weighted by Crippen LogP contribution is 2.41. The normalized spacial score (nSPS) is 11.1. The van der Waals surface area contributed by atoms with Gasteiger partial charge in [-0.3, -0.25) is 0 Å². The average molecular weight is 636 g/mol. The molecule has 0 unspecified atom stereocenters. The van der Waals surface area contributed by atoms with Crippen LogP contribution in [0.15, 0.2) is 152 Å². The van der Waals surface area contributed by atoms with E-state index in [1.165, 1.54) is 0 Å². The molecule has 5 nitrogen and oxygen atoms in total. The molecule has 50 heavy (non-hydrogen) atoms. The molecule has 0 saturated carbocycles. The van der Waals surface area contributed by atoms with Crippen molar-refractivity contribution in [1.82, 2.24) is 9.13 Å². The summed E-state index contributed by atoms with van der Waals surface area (Å²) < 4.78 is 4.45. The van der Waals surface area contributed by atoms with Gasteiger partial charge >= 0.3 is 0 Å². The largest absolute Gasteiger partial charge is 0.309 e. The maximum atomic E-state index is 10.1. The molecule has 9 aromatic rings. The van der Waals surface area contributed by atoms with Crippen LogP contribution in [0.25, 0.3) is 77.2 Å². The van der Waals surface area contributed by atoms with Crippen molar-refractivity contribution in [1.29, 1.82) is 15.8 Å². The van der Waals surface area contributed by atoms with Gasteiger partial charge in [-0.05, 0) is 77.4 Å². The number of fused-ring (bicyclic) bond motifs is 6. The molecular formula is C45H25N5. The van der Waals surface area contributed by atoms with E-state index in [0.29, 0.717) is 16.7 Å². The molecular weight excluding hydrogens is 611 g/mol. The highest BCUT2D eigenvalue weighted by Gasteiger charge is 2.20. The predicted molar refractivity (Wildman–Crippen MR) is 200 cm³/mol. The van der Waals surface area contributed by atoms with Crippen molar-refractivity contribution in [2.45, 2.75) is 0 Å². The minimum absolute atomic E-state index is 0.336. The lowest BCUT2D eigenvalue weighted by atomic mass is 9.91. The second-order valence-corrected chi connectivity index (χ2v) is 12.3. The monoisotopic (exact) mass is 635 g/mol. The van der Waals surface area contributed by atoms with Crippen LogP contribution >= 0.6 is 0 Å². The number of benzene rings is 7. The third kappa shape index (κ3) is 4.31. The standard InChI is InChI=1S/C45H25N5/c46-26-29-17-22-44-39(23-29)38-13-5-6-14-41(38)49(44)33-20-18-30(19-21-33)34-9-1-2-10-35(34)40-24-31(27-47)32(28-48)25-45(40)50-42-15-7-3-11-36(42)37-12-4-8-16-43(37)50/h1-25H. The molecule has 0 bridgehead atoms. The van der Waals surface area contributed by atoms with E-state index >= 15 is 0 Å². The molecule has 0 spiro atoms. The van der Waals surface area contributed by atoms with Crippen LogP contribution in [0.1, 0.15) is 16.7 Å². The van der Waals surface area contributed by atoms with E-state index in [0.717, 1.165) is 77.2 Å². The zero-order valence-corrected chi connectivity index (χ0v) is 26.7. The first-order chi connectivity index (χ1) is 24.7. The third-order valence-electron chi connectivity index (χ3n) is 9.65. The van der Waals surface area contributed by atoms with Crippen molar-refractivity contribution in [3.63, 3.8) is 0 Å². The van der Waals surface area contributed by atoms with E-state index in [9.17, 15) is 15.8 Å². The number of rotatable bonds is 4. The topological polar surface area (TPSA) is 81.2 Å². The molecule has 0 aliphatic carbocycles. The van der Waals surface area contributed by atoms with Crippen molar-refractivity contribution < 1.29 is 0 Å². The first-order valence-corrected chi connectivity index (χ1v) is 16.3. The summed E-state index contributed by atoms with van der Waals surface area (Å²) in [6, 6.07) is 58.0. The van der Waals surface area contributed by atoms with Gasteiger partial charge in [0.25, 0.3) is 0 Å². The number of nitrogens with zero attached hydrogens (tertiary/aromatic N) is 5. The summed E-state index contributed by atoms with van der Waals surface area (Å²) in [5, 5.41) is 34.2. The molecule has 7 aromatic carbocycles. The lowest BCUT2D eigenvalue weighted by molar-refractivity contribution is 1.17. The van der Waals surface area contributed by atoms with Crippen LogP contribution in [0, 0.1) is 34.0 Å². The van der Waals surface area contributed by atoms with Crippen molar-refractivity contribution in [3.8, 4) is 51.8 Å². The fourth-order valence-corrected chi connectivity index (χ4v) is 7.44. The molecule has 0 atom stereocenters. The van der Waals surface area contributed by atoms with E-state index in [2.05, 4.69) is 100 Å². The predicted octanol–water partition coefficient (Wildman–Crippen LogP) is 10.8. The number of hydrogen-bond acceptors (Lipinski definition) is 3. The molecule has 0 aliphatic heterocycles. The quantitative estimate of drug-likeness (QED) is 0.193. The molecule has 0 fully saturated rings. The van der Waals surface area contributed by atoms with Crippen LogP contribution < -0.4 is 0 Å². The molecule has 0 radical (unpaired) electrons. The molecule has 230 valence electrons. The van der Waals surface area contributed by atoms with Crippen molar-refractivity contribution in [3.05, 3.63) is 168 Å². The lowest BCUT2D eigenvalue weighted by Crippen LogP contribution is -2.01. The van der Waals surface area contributed by atoms with Crippen LogP contribution in [0.2, 0.25) is 0 Å². The molecule has 0 saturated heterocycles. The number of aromatic nitrogens is 2. The smallest absolute Gasteiger partial charge is 0.101 e. The van der Waals surface area contributed by atoms with E-state index in [-0.39, 0.29) is 0 Å². The SMILES string of the molecule is N#Cc1ccc2c(c1)c1ccccc1n2-c1ccc(-c2ccccc2-c2cc(C#N)c(C#N)cc2-n2c3ccccc3c3ccccc32)cc1. The van der Waals surface area contributed by atoms with Gasteiger partial charge in [-0.15, -0.1) is 0 Å². The second-order valence-electron chi connectivity index (χ2n) is 12.3. The van der Waals surface area contributed by atoms with Gasteiger partial charge < -0.3 is 9.13 Å². The number of hydrogen-bond donors (Lipinski definition) is 0. The Morgan fingerprint density at radius 2 is 0.900 bits per heavy atom. The number of nitriles is 3. The van der Waals surface area contributed by atoms with Crippen LogP contribution in [0.4, 0.5) is 0 Å². The molecule has 9 rings (SSSR count). The van der Waals surface area contributed by atoms with Crippen LogP contribution in [0.3, 0.4) is 0 Å². The maximum absolute atomic E-state index is 10.1. The Hall–Kier alpha value is -7.39. The average Bonchev–Trinajstić information content (AvgIpc) is 3.70. The first kappa shape index (κ1) is 28.8. The summed E-state index contributed by atoms with van der Waals surface area (Å²) in [6.45, 7) is 0. The Balaban J connectivity index is 1.25. The van der Waals surface area contributed by atoms with Crippen LogP contribution in [0.5, 0.6) is 0 Å². The zero-order valence-electron chi connectivity index (χ0n) is 26.7. The van der Waals surface area contributed by atoms with E-state index in [1.54, 1.807) is 0 Å².